The van der Waals surface area contributed by atoms with Gasteiger partial charge >= 0.3 is 0 Å². The van der Waals surface area contributed by atoms with E-state index in [4.69, 9.17) is 5.73 Å². The summed E-state index contributed by atoms with van der Waals surface area (Å²) in [6.07, 6.45) is 6.79. The van der Waals surface area contributed by atoms with E-state index in [0.29, 0.717) is 11.0 Å². The fourth-order valence-electron chi connectivity index (χ4n) is 4.60. The van der Waals surface area contributed by atoms with Crippen molar-refractivity contribution >= 4 is 0 Å². The number of rotatable bonds is 2. The van der Waals surface area contributed by atoms with Gasteiger partial charge in [0.1, 0.15) is 0 Å². The highest BCUT2D eigenvalue weighted by molar-refractivity contribution is 5.10. The van der Waals surface area contributed by atoms with E-state index in [2.05, 4.69) is 23.6 Å². The van der Waals surface area contributed by atoms with E-state index in [-0.39, 0.29) is 0 Å². The average molecular weight is 251 g/mol. The Bertz CT molecular complexity index is 315. The fraction of sp³-hybridized carbons (Fsp3) is 1.00. The normalized spacial score (nSPS) is 41.2. The minimum absolute atomic E-state index is 0.300. The van der Waals surface area contributed by atoms with Crippen LogP contribution < -0.4 is 5.73 Å². The molecule has 3 aliphatic rings. The Morgan fingerprint density at radius 3 is 2.61 bits per heavy atom. The third kappa shape index (κ3) is 1.91. The largest absolute Gasteiger partial charge is 0.329 e. The number of nitrogens with zero attached hydrogens (tertiary/aromatic N) is 2. The van der Waals surface area contributed by atoms with Crippen LogP contribution >= 0.6 is 0 Å². The van der Waals surface area contributed by atoms with Gasteiger partial charge in [-0.3, -0.25) is 9.80 Å². The number of fused-ring (bicyclic) bond motifs is 1. The van der Waals surface area contributed by atoms with Crippen LogP contribution in [0.5, 0.6) is 0 Å². The van der Waals surface area contributed by atoms with Crippen LogP contribution in [0.4, 0.5) is 0 Å². The van der Waals surface area contributed by atoms with E-state index >= 15 is 0 Å². The lowest BCUT2D eigenvalue weighted by Crippen LogP contribution is -2.61. The number of nitrogens with two attached hydrogens (primary N) is 1. The van der Waals surface area contributed by atoms with Crippen LogP contribution in [0.3, 0.4) is 0 Å². The first kappa shape index (κ1) is 12.9. The number of piperidine rings is 1. The molecule has 0 spiro atoms. The number of likely N-dealkylation sites (tertiary alicyclic amines) is 1. The van der Waals surface area contributed by atoms with Crippen LogP contribution in [0.1, 0.15) is 46.0 Å². The SMILES string of the molecule is CC1(C)CCN(C2(CN)CCN3CCCCC32)C1. The molecule has 2 unspecified atom stereocenters. The van der Waals surface area contributed by atoms with Crippen LogP contribution in [0.2, 0.25) is 0 Å². The van der Waals surface area contributed by atoms with Crippen molar-refractivity contribution in [1.29, 1.82) is 0 Å². The van der Waals surface area contributed by atoms with Gasteiger partial charge in [-0.15, -0.1) is 0 Å². The van der Waals surface area contributed by atoms with Crippen LogP contribution in [0.25, 0.3) is 0 Å². The molecule has 0 saturated carbocycles. The lowest BCUT2D eigenvalue weighted by Gasteiger charge is -2.46. The number of hydrogen-bond donors (Lipinski definition) is 1. The van der Waals surface area contributed by atoms with Crippen LogP contribution in [-0.4, -0.2) is 54.1 Å². The highest BCUT2D eigenvalue weighted by Crippen LogP contribution is 2.43. The van der Waals surface area contributed by atoms with E-state index in [0.717, 1.165) is 12.6 Å². The Morgan fingerprint density at radius 2 is 1.94 bits per heavy atom. The molecule has 18 heavy (non-hydrogen) atoms. The molecule has 0 aromatic rings. The maximum absolute atomic E-state index is 6.28. The van der Waals surface area contributed by atoms with E-state index in [1.807, 2.05) is 0 Å². The second-order valence-corrected chi connectivity index (χ2v) is 7.44. The van der Waals surface area contributed by atoms with Gasteiger partial charge in [0.05, 0.1) is 0 Å². The second kappa shape index (κ2) is 4.46. The third-order valence-corrected chi connectivity index (χ3v) is 5.73. The van der Waals surface area contributed by atoms with Crippen LogP contribution in [0.15, 0.2) is 0 Å². The fourth-order valence-corrected chi connectivity index (χ4v) is 4.60. The molecule has 104 valence electrons. The van der Waals surface area contributed by atoms with Gasteiger partial charge in [-0.1, -0.05) is 20.3 Å². The van der Waals surface area contributed by atoms with Crippen molar-refractivity contribution in [2.75, 3.05) is 32.7 Å². The summed E-state index contributed by atoms with van der Waals surface area (Å²) in [6.45, 7) is 10.8. The van der Waals surface area contributed by atoms with Gasteiger partial charge in [0.15, 0.2) is 0 Å². The molecule has 0 aliphatic carbocycles. The van der Waals surface area contributed by atoms with Crippen molar-refractivity contribution in [1.82, 2.24) is 9.80 Å². The quantitative estimate of drug-likeness (QED) is 0.810. The Kier molecular flexibility index (Phi) is 3.20. The maximum Gasteiger partial charge on any atom is 0.0499 e. The molecule has 3 nitrogen and oxygen atoms in total. The molecular weight excluding hydrogens is 222 g/mol. The molecule has 0 aromatic carbocycles. The van der Waals surface area contributed by atoms with Crippen molar-refractivity contribution in [2.45, 2.75) is 57.5 Å². The van der Waals surface area contributed by atoms with Crippen LogP contribution in [0, 0.1) is 5.41 Å². The minimum Gasteiger partial charge on any atom is -0.329 e. The van der Waals surface area contributed by atoms with Gasteiger partial charge in [0, 0.05) is 31.2 Å². The second-order valence-electron chi connectivity index (χ2n) is 7.44. The molecule has 3 heteroatoms. The lowest BCUT2D eigenvalue weighted by molar-refractivity contribution is 0.0482. The smallest absolute Gasteiger partial charge is 0.0499 e. The van der Waals surface area contributed by atoms with Crippen molar-refractivity contribution < 1.29 is 0 Å². The molecule has 2 N–H and O–H groups in total. The van der Waals surface area contributed by atoms with E-state index in [1.165, 1.54) is 58.3 Å². The van der Waals surface area contributed by atoms with Crippen molar-refractivity contribution in [2.24, 2.45) is 11.1 Å². The summed E-state index contributed by atoms with van der Waals surface area (Å²) < 4.78 is 0. The van der Waals surface area contributed by atoms with E-state index < -0.39 is 0 Å². The van der Waals surface area contributed by atoms with Crippen molar-refractivity contribution in [3.8, 4) is 0 Å². The first-order chi connectivity index (χ1) is 8.57. The Morgan fingerprint density at radius 1 is 1.11 bits per heavy atom. The molecule has 3 aliphatic heterocycles. The third-order valence-electron chi connectivity index (χ3n) is 5.73. The maximum atomic E-state index is 6.28. The van der Waals surface area contributed by atoms with Gasteiger partial charge in [0.25, 0.3) is 0 Å². The lowest BCUT2D eigenvalue weighted by atomic mass is 9.83. The molecule has 3 heterocycles. The molecule has 0 aromatic heterocycles. The first-order valence-electron chi connectivity index (χ1n) is 7.77. The summed E-state index contributed by atoms with van der Waals surface area (Å²) in [6, 6.07) is 0.741. The van der Waals surface area contributed by atoms with Gasteiger partial charge in [-0.25, -0.2) is 0 Å². The first-order valence-corrected chi connectivity index (χ1v) is 7.77. The molecule has 0 radical (unpaired) electrons. The predicted octanol–water partition coefficient (Wildman–Crippen LogP) is 1.67. The highest BCUT2D eigenvalue weighted by atomic mass is 15.3. The van der Waals surface area contributed by atoms with Gasteiger partial charge in [0.2, 0.25) is 0 Å². The summed E-state index contributed by atoms with van der Waals surface area (Å²) in [5.41, 5.74) is 7.07. The Hall–Kier alpha value is -0.120. The van der Waals surface area contributed by atoms with Gasteiger partial charge < -0.3 is 5.73 Å². The van der Waals surface area contributed by atoms with Gasteiger partial charge in [-0.2, -0.15) is 0 Å². The molecule has 3 fully saturated rings. The zero-order chi connectivity index (χ0) is 12.8. The molecule has 2 atom stereocenters. The highest BCUT2D eigenvalue weighted by Gasteiger charge is 2.52. The zero-order valence-corrected chi connectivity index (χ0v) is 12.1. The predicted molar refractivity (Wildman–Crippen MR) is 75.6 cm³/mol. The number of hydrogen-bond acceptors (Lipinski definition) is 3. The van der Waals surface area contributed by atoms with Crippen molar-refractivity contribution in [3.63, 3.8) is 0 Å². The summed E-state index contributed by atoms with van der Waals surface area (Å²) in [4.78, 5) is 5.48. The Labute approximate surface area is 112 Å². The van der Waals surface area contributed by atoms with Gasteiger partial charge in [-0.05, 0) is 44.2 Å². The minimum atomic E-state index is 0.300. The molecule has 3 rings (SSSR count). The zero-order valence-electron chi connectivity index (χ0n) is 12.1. The standard InChI is InChI=1S/C15H29N3/c1-14(2)6-10-18(12-14)15(11-16)7-9-17-8-4-3-5-13(15)17/h13H,3-12,16H2,1-2H3. The monoisotopic (exact) mass is 251 g/mol. The Balaban J connectivity index is 1.82. The summed E-state index contributed by atoms with van der Waals surface area (Å²) in [5, 5.41) is 0. The summed E-state index contributed by atoms with van der Waals surface area (Å²) >= 11 is 0. The van der Waals surface area contributed by atoms with Crippen molar-refractivity contribution in [3.05, 3.63) is 0 Å². The molecule has 0 bridgehead atoms. The van der Waals surface area contributed by atoms with Crippen LogP contribution in [-0.2, 0) is 0 Å². The topological polar surface area (TPSA) is 32.5 Å². The average Bonchev–Trinajstić information content (AvgIpc) is 2.91. The molecule has 0 amide bonds. The summed E-state index contributed by atoms with van der Waals surface area (Å²) in [5.74, 6) is 0. The summed E-state index contributed by atoms with van der Waals surface area (Å²) in [7, 11) is 0. The molecule has 3 saturated heterocycles. The molecular formula is C15H29N3. The van der Waals surface area contributed by atoms with E-state index in [9.17, 15) is 0 Å². The van der Waals surface area contributed by atoms with E-state index in [1.54, 1.807) is 0 Å².